The van der Waals surface area contributed by atoms with Crippen LogP contribution in [-0.2, 0) is 6.42 Å². The first-order valence-corrected chi connectivity index (χ1v) is 6.99. The number of nitrogens with two attached hydrogens (primary N) is 1. The molecule has 2 aliphatic rings. The molecular weight excluding hydrogens is 252 g/mol. The van der Waals surface area contributed by atoms with E-state index in [0.717, 1.165) is 37.2 Å². The largest absolute Gasteiger partial charge is 0.391 e. The van der Waals surface area contributed by atoms with Gasteiger partial charge in [0.05, 0.1) is 11.8 Å². The molecule has 0 radical (unpaired) electrons. The average Bonchev–Trinajstić information content (AvgIpc) is 2.97. The van der Waals surface area contributed by atoms with Gasteiger partial charge in [-0.15, -0.1) is 6.58 Å². The van der Waals surface area contributed by atoms with Crippen LogP contribution in [0.4, 0.5) is 5.82 Å². The van der Waals surface area contributed by atoms with Crippen molar-refractivity contribution in [1.29, 1.82) is 0 Å². The lowest BCUT2D eigenvalue weighted by atomic mass is 10.0. The zero-order valence-electron chi connectivity index (χ0n) is 11.5. The van der Waals surface area contributed by atoms with Crippen LogP contribution in [0.15, 0.2) is 25.1 Å². The molecule has 20 heavy (non-hydrogen) atoms. The van der Waals surface area contributed by atoms with Gasteiger partial charge in [0, 0.05) is 31.1 Å². The fourth-order valence-corrected chi connectivity index (χ4v) is 3.12. The van der Waals surface area contributed by atoms with E-state index in [1.807, 2.05) is 6.08 Å². The number of aliphatic hydroxyl groups is 1. The van der Waals surface area contributed by atoms with Gasteiger partial charge in [-0.3, -0.25) is 4.90 Å². The van der Waals surface area contributed by atoms with Gasteiger partial charge < -0.3 is 10.8 Å². The molecule has 0 spiro atoms. The molecule has 1 saturated heterocycles. The number of rotatable bonds is 4. The van der Waals surface area contributed by atoms with Crippen molar-refractivity contribution in [3.05, 3.63) is 36.3 Å². The van der Waals surface area contributed by atoms with Crippen molar-refractivity contribution >= 4 is 11.4 Å². The summed E-state index contributed by atoms with van der Waals surface area (Å²) in [5.41, 5.74) is 9.08. The van der Waals surface area contributed by atoms with Crippen LogP contribution in [-0.4, -0.2) is 45.7 Å². The van der Waals surface area contributed by atoms with Crippen molar-refractivity contribution in [2.45, 2.75) is 18.9 Å². The van der Waals surface area contributed by atoms with Gasteiger partial charge >= 0.3 is 0 Å². The lowest BCUT2D eigenvalue weighted by Crippen LogP contribution is -2.24. The maximum atomic E-state index is 10.0. The number of allylic oxidation sites excluding steroid dienone is 2. The molecule has 2 heterocycles. The summed E-state index contributed by atoms with van der Waals surface area (Å²) in [4.78, 5) is 10.7. The molecule has 0 amide bonds. The second kappa shape index (κ2) is 5.34. The molecule has 1 aromatic rings. The van der Waals surface area contributed by atoms with Gasteiger partial charge in [-0.2, -0.15) is 0 Å². The molecule has 3 rings (SSSR count). The normalized spacial score (nSPS) is 25.6. The molecule has 5 heteroatoms. The lowest BCUT2D eigenvalue weighted by molar-refractivity contribution is 0.144. The summed E-state index contributed by atoms with van der Waals surface area (Å²) in [5.74, 6) is 0.872. The maximum absolute atomic E-state index is 10.0. The molecular formula is C15H20N4O. The Morgan fingerprint density at radius 1 is 1.45 bits per heavy atom. The molecule has 0 saturated carbocycles. The van der Waals surface area contributed by atoms with Gasteiger partial charge in [-0.25, -0.2) is 9.97 Å². The van der Waals surface area contributed by atoms with Gasteiger partial charge in [0.25, 0.3) is 0 Å². The molecule has 2 atom stereocenters. The molecule has 3 N–H and O–H groups in total. The number of aliphatic hydroxyl groups excluding tert-OH is 1. The van der Waals surface area contributed by atoms with Crippen LogP contribution in [0.1, 0.15) is 17.7 Å². The smallest absolute Gasteiger partial charge is 0.130 e. The number of likely N-dealkylation sites (tertiary alicyclic amines) is 1. The van der Waals surface area contributed by atoms with Crippen molar-refractivity contribution in [2.24, 2.45) is 5.92 Å². The third-order valence-corrected chi connectivity index (χ3v) is 4.18. The highest BCUT2D eigenvalue weighted by Gasteiger charge is 2.31. The minimum absolute atomic E-state index is 0.259. The summed E-state index contributed by atoms with van der Waals surface area (Å²) in [7, 11) is 0. The molecule has 1 fully saturated rings. The SMILES string of the molecule is C=CCC1CN(CC2=CCc3c(N)ncnc32)C[C@@H]1O. The van der Waals surface area contributed by atoms with Crippen LogP contribution in [0.2, 0.25) is 0 Å². The fourth-order valence-electron chi connectivity index (χ4n) is 3.12. The number of hydrogen-bond acceptors (Lipinski definition) is 5. The number of nitrogen functional groups attached to an aromatic ring is 1. The van der Waals surface area contributed by atoms with E-state index in [9.17, 15) is 5.11 Å². The first-order valence-electron chi connectivity index (χ1n) is 6.99. The number of hydrogen-bond donors (Lipinski definition) is 2. The third kappa shape index (κ3) is 2.34. The van der Waals surface area contributed by atoms with E-state index >= 15 is 0 Å². The highest BCUT2D eigenvalue weighted by atomic mass is 16.3. The molecule has 5 nitrogen and oxygen atoms in total. The highest BCUT2D eigenvalue weighted by Crippen LogP contribution is 2.30. The Balaban J connectivity index is 1.69. The number of aromatic nitrogens is 2. The van der Waals surface area contributed by atoms with Crippen molar-refractivity contribution < 1.29 is 5.11 Å². The molecule has 1 unspecified atom stereocenters. The van der Waals surface area contributed by atoms with Crippen LogP contribution in [0.5, 0.6) is 0 Å². The summed E-state index contributed by atoms with van der Waals surface area (Å²) in [6, 6.07) is 0. The summed E-state index contributed by atoms with van der Waals surface area (Å²) >= 11 is 0. The Morgan fingerprint density at radius 2 is 2.30 bits per heavy atom. The van der Waals surface area contributed by atoms with Gasteiger partial charge in [0.15, 0.2) is 0 Å². The van der Waals surface area contributed by atoms with Crippen molar-refractivity contribution in [1.82, 2.24) is 14.9 Å². The number of β-amino-alcohol motifs (C(OH)–C–C–N with tert-alkyl or cyclic N) is 1. The topological polar surface area (TPSA) is 75.3 Å². The first-order chi connectivity index (χ1) is 9.69. The van der Waals surface area contributed by atoms with E-state index < -0.39 is 0 Å². The Morgan fingerprint density at radius 3 is 3.10 bits per heavy atom. The van der Waals surface area contributed by atoms with Gasteiger partial charge in [0.1, 0.15) is 12.1 Å². The first kappa shape index (κ1) is 13.3. The van der Waals surface area contributed by atoms with Crippen LogP contribution < -0.4 is 5.73 Å². The standard InChI is InChI=1S/C15H20N4O/c1-2-3-10-6-19(8-13(10)20)7-11-4-5-12-14(11)17-9-18-15(12)16/h2,4,9-10,13,20H,1,3,5-8H2,(H2,16,17,18)/t10?,13-/m0/s1. The number of nitrogens with zero attached hydrogens (tertiary/aromatic N) is 3. The molecule has 106 valence electrons. The quantitative estimate of drug-likeness (QED) is 0.795. The summed E-state index contributed by atoms with van der Waals surface area (Å²) in [5, 5.41) is 10.0. The van der Waals surface area contributed by atoms with Gasteiger partial charge in [0.2, 0.25) is 0 Å². The van der Waals surface area contributed by atoms with E-state index in [1.165, 1.54) is 11.9 Å². The lowest BCUT2D eigenvalue weighted by Gasteiger charge is -2.16. The molecule has 0 aromatic carbocycles. The average molecular weight is 272 g/mol. The van der Waals surface area contributed by atoms with Crippen LogP contribution in [0.25, 0.3) is 5.57 Å². The second-order valence-corrected chi connectivity index (χ2v) is 5.57. The fraction of sp³-hybridized carbons (Fsp3) is 0.467. The minimum atomic E-state index is -0.259. The van der Waals surface area contributed by atoms with Crippen molar-refractivity contribution in [3.63, 3.8) is 0 Å². The van der Waals surface area contributed by atoms with E-state index in [1.54, 1.807) is 0 Å². The summed E-state index contributed by atoms with van der Waals surface area (Å²) in [6.45, 7) is 6.19. The van der Waals surface area contributed by atoms with Crippen molar-refractivity contribution in [3.8, 4) is 0 Å². The Hall–Kier alpha value is -1.72. The maximum Gasteiger partial charge on any atom is 0.130 e. The third-order valence-electron chi connectivity index (χ3n) is 4.18. The molecule has 1 aliphatic carbocycles. The molecule has 0 bridgehead atoms. The van der Waals surface area contributed by atoms with Crippen LogP contribution >= 0.6 is 0 Å². The van der Waals surface area contributed by atoms with Gasteiger partial charge in [-0.05, 0) is 18.4 Å². The number of fused-ring (bicyclic) bond motifs is 1. The Kier molecular flexibility index (Phi) is 3.54. The minimum Gasteiger partial charge on any atom is -0.391 e. The van der Waals surface area contributed by atoms with E-state index in [-0.39, 0.29) is 6.10 Å². The van der Waals surface area contributed by atoms with Gasteiger partial charge in [-0.1, -0.05) is 12.2 Å². The Labute approximate surface area is 118 Å². The molecule has 1 aromatic heterocycles. The van der Waals surface area contributed by atoms with E-state index in [0.29, 0.717) is 18.3 Å². The van der Waals surface area contributed by atoms with Crippen LogP contribution in [0, 0.1) is 5.92 Å². The summed E-state index contributed by atoms with van der Waals surface area (Å²) < 4.78 is 0. The monoisotopic (exact) mass is 272 g/mol. The zero-order valence-corrected chi connectivity index (χ0v) is 11.5. The second-order valence-electron chi connectivity index (χ2n) is 5.57. The number of anilines is 1. The van der Waals surface area contributed by atoms with E-state index in [4.69, 9.17) is 5.73 Å². The zero-order chi connectivity index (χ0) is 14.1. The van der Waals surface area contributed by atoms with E-state index in [2.05, 4.69) is 27.5 Å². The van der Waals surface area contributed by atoms with Crippen molar-refractivity contribution in [2.75, 3.05) is 25.4 Å². The van der Waals surface area contributed by atoms with Crippen LogP contribution in [0.3, 0.4) is 0 Å². The molecule has 1 aliphatic heterocycles. The highest BCUT2D eigenvalue weighted by molar-refractivity contribution is 5.74. The Bertz CT molecular complexity index is 555. The predicted octanol–water partition coefficient (Wildman–Crippen LogP) is 0.867. The predicted molar refractivity (Wildman–Crippen MR) is 78.9 cm³/mol. The summed E-state index contributed by atoms with van der Waals surface area (Å²) in [6.07, 6.45) is 6.99.